The van der Waals surface area contributed by atoms with Crippen molar-refractivity contribution in [2.75, 3.05) is 4.90 Å². The lowest BCUT2D eigenvalue weighted by atomic mass is 9.87. The normalized spacial score (nSPS) is 25.4. The van der Waals surface area contributed by atoms with Crippen molar-refractivity contribution in [2.24, 2.45) is 5.92 Å². The Morgan fingerprint density at radius 3 is 2.25 bits per heavy atom. The molecule has 1 aromatic carbocycles. The molecule has 3 unspecified atom stereocenters. The standard InChI is InChI=1S/C33H48ClF3N4O3/c1-6-9-22-10-11-29(14-22)44-30-18-38-31(39-19-30)40(20-23-12-24(33(35,36)37)15-25(34)13-23)28-16-26(7-2)41(27(8-3)17-28)32(42)43-21(4)5/h12-13,15,18-19,21-22,26-29,32,42H,6-11,14,16-17,20H2,1-5H3/t22?,26-,27+,28?,29-,32?/m0/s1. The second-order valence-electron chi connectivity index (χ2n) is 12.6. The fourth-order valence-corrected chi connectivity index (χ4v) is 7.19. The van der Waals surface area contributed by atoms with E-state index < -0.39 is 18.2 Å². The van der Waals surface area contributed by atoms with Crippen molar-refractivity contribution in [2.45, 2.75) is 142 Å². The van der Waals surface area contributed by atoms with Crippen LogP contribution in [0.2, 0.25) is 5.02 Å². The number of hydrogen-bond acceptors (Lipinski definition) is 7. The van der Waals surface area contributed by atoms with Gasteiger partial charge in [-0.1, -0.05) is 45.2 Å². The second-order valence-corrected chi connectivity index (χ2v) is 13.0. The van der Waals surface area contributed by atoms with Crippen LogP contribution in [0.5, 0.6) is 5.75 Å². The number of anilines is 1. The van der Waals surface area contributed by atoms with Crippen LogP contribution in [0, 0.1) is 5.92 Å². The summed E-state index contributed by atoms with van der Waals surface area (Å²) < 4.78 is 53.1. The lowest BCUT2D eigenvalue weighted by molar-refractivity contribution is -0.242. The Kier molecular flexibility index (Phi) is 12.2. The number of hydrogen-bond donors (Lipinski definition) is 1. The van der Waals surface area contributed by atoms with E-state index in [-0.39, 0.29) is 41.9 Å². The SMILES string of the molecule is CCCC1CC[C@H](Oc2cnc(N(Cc3cc(Cl)cc(C(F)(F)F)c3)C3C[C@@H](CC)N(C(O)OC(C)C)[C@@H](CC)C3)nc2)C1. The molecule has 2 aliphatic rings. The van der Waals surface area contributed by atoms with Crippen molar-refractivity contribution >= 4 is 17.5 Å². The van der Waals surface area contributed by atoms with Crippen LogP contribution in [0.15, 0.2) is 30.6 Å². The highest BCUT2D eigenvalue weighted by atomic mass is 35.5. The molecule has 1 saturated heterocycles. The predicted octanol–water partition coefficient (Wildman–Crippen LogP) is 8.23. The smallest absolute Gasteiger partial charge is 0.416 e. The lowest BCUT2D eigenvalue weighted by Gasteiger charge is -2.49. The van der Waals surface area contributed by atoms with E-state index in [0.717, 1.165) is 44.2 Å². The third-order valence-electron chi connectivity index (χ3n) is 8.97. The quantitative estimate of drug-likeness (QED) is 0.221. The zero-order chi connectivity index (χ0) is 32.0. The summed E-state index contributed by atoms with van der Waals surface area (Å²) in [6, 6.07) is 3.53. The zero-order valence-corrected chi connectivity index (χ0v) is 27.3. The van der Waals surface area contributed by atoms with E-state index >= 15 is 0 Å². The average molecular weight is 641 g/mol. The van der Waals surface area contributed by atoms with Crippen molar-refractivity contribution in [3.8, 4) is 5.75 Å². The van der Waals surface area contributed by atoms with Crippen LogP contribution in [0.1, 0.15) is 104 Å². The van der Waals surface area contributed by atoms with Gasteiger partial charge < -0.3 is 19.5 Å². The van der Waals surface area contributed by atoms with Crippen LogP contribution in [0.4, 0.5) is 19.1 Å². The number of halogens is 4. The van der Waals surface area contributed by atoms with E-state index in [9.17, 15) is 18.3 Å². The van der Waals surface area contributed by atoms with Gasteiger partial charge in [-0.05, 0) is 88.5 Å². The van der Waals surface area contributed by atoms with E-state index in [1.54, 1.807) is 18.5 Å². The minimum Gasteiger partial charge on any atom is -0.487 e. The first-order valence-electron chi connectivity index (χ1n) is 16.1. The minimum atomic E-state index is -4.52. The van der Waals surface area contributed by atoms with E-state index in [4.69, 9.17) is 21.1 Å². The zero-order valence-electron chi connectivity index (χ0n) is 26.6. The summed E-state index contributed by atoms with van der Waals surface area (Å²) in [6.07, 6.45) is 6.21. The van der Waals surface area contributed by atoms with Gasteiger partial charge in [0.2, 0.25) is 12.4 Å². The summed E-state index contributed by atoms with van der Waals surface area (Å²) in [7, 11) is 0. The first-order chi connectivity index (χ1) is 20.9. The van der Waals surface area contributed by atoms with Gasteiger partial charge in [0, 0.05) is 29.7 Å². The number of nitrogens with zero attached hydrogens (tertiary/aromatic N) is 4. The molecular formula is C33H48ClF3N4O3. The summed E-state index contributed by atoms with van der Waals surface area (Å²) in [5, 5.41) is 11.0. The van der Waals surface area contributed by atoms with Crippen LogP contribution in [0.3, 0.4) is 0 Å². The number of ether oxygens (including phenoxy) is 2. The second kappa shape index (κ2) is 15.4. The summed E-state index contributed by atoms with van der Waals surface area (Å²) in [6.45, 7) is 10.3. The van der Waals surface area contributed by atoms with Crippen LogP contribution in [-0.4, -0.2) is 56.7 Å². The van der Waals surface area contributed by atoms with Gasteiger partial charge in [0.05, 0.1) is 30.2 Å². The molecule has 7 nitrogen and oxygen atoms in total. The monoisotopic (exact) mass is 640 g/mol. The van der Waals surface area contributed by atoms with Gasteiger partial charge in [-0.15, -0.1) is 0 Å². The number of rotatable bonds is 13. The molecule has 0 radical (unpaired) electrons. The molecule has 2 aromatic rings. The highest BCUT2D eigenvalue weighted by Crippen LogP contribution is 2.37. The molecular weight excluding hydrogens is 593 g/mol. The Morgan fingerprint density at radius 1 is 1.02 bits per heavy atom. The third kappa shape index (κ3) is 8.98. The molecule has 2 heterocycles. The minimum absolute atomic E-state index is 0.0129. The number of aliphatic hydroxyl groups is 1. The molecule has 1 N–H and O–H groups in total. The topological polar surface area (TPSA) is 71.0 Å². The van der Waals surface area contributed by atoms with Crippen molar-refractivity contribution in [3.63, 3.8) is 0 Å². The Balaban J connectivity index is 1.62. The molecule has 246 valence electrons. The van der Waals surface area contributed by atoms with E-state index in [2.05, 4.69) is 30.7 Å². The highest BCUT2D eigenvalue weighted by molar-refractivity contribution is 6.30. The molecule has 0 spiro atoms. The van der Waals surface area contributed by atoms with Crippen molar-refractivity contribution in [1.82, 2.24) is 14.9 Å². The van der Waals surface area contributed by atoms with Crippen molar-refractivity contribution < 1.29 is 27.8 Å². The van der Waals surface area contributed by atoms with E-state index in [1.807, 2.05) is 23.6 Å². The summed E-state index contributed by atoms with van der Waals surface area (Å²) in [5.41, 5.74) is -0.363. The van der Waals surface area contributed by atoms with Gasteiger partial charge in [-0.25, -0.2) is 14.9 Å². The predicted molar refractivity (Wildman–Crippen MR) is 167 cm³/mol. The number of aromatic nitrogens is 2. The van der Waals surface area contributed by atoms with Crippen LogP contribution >= 0.6 is 11.6 Å². The summed E-state index contributed by atoms with van der Waals surface area (Å²) in [4.78, 5) is 13.4. The maximum atomic E-state index is 13.7. The van der Waals surface area contributed by atoms with Crippen LogP contribution < -0.4 is 9.64 Å². The number of benzene rings is 1. The molecule has 0 amide bonds. The van der Waals surface area contributed by atoms with Gasteiger partial charge in [0.15, 0.2) is 5.75 Å². The Bertz CT molecular complexity index is 1170. The molecule has 0 bridgehead atoms. The fraction of sp³-hybridized carbons (Fsp3) is 0.697. The fourth-order valence-electron chi connectivity index (χ4n) is 6.93. The number of likely N-dealkylation sites (tertiary alicyclic amines) is 1. The van der Waals surface area contributed by atoms with Crippen molar-refractivity contribution in [3.05, 3.63) is 46.7 Å². The Hall–Kier alpha value is -2.14. The molecule has 1 aliphatic heterocycles. The van der Waals surface area contributed by atoms with Gasteiger partial charge in [0.1, 0.15) is 0 Å². The molecule has 44 heavy (non-hydrogen) atoms. The third-order valence-corrected chi connectivity index (χ3v) is 9.18. The molecule has 11 heteroatoms. The molecule has 2 fully saturated rings. The van der Waals surface area contributed by atoms with Gasteiger partial charge in [0.25, 0.3) is 0 Å². The Labute approximate surface area is 265 Å². The molecule has 1 saturated carbocycles. The Morgan fingerprint density at radius 2 is 1.68 bits per heavy atom. The van der Waals surface area contributed by atoms with E-state index in [1.165, 1.54) is 12.8 Å². The maximum absolute atomic E-state index is 13.7. The lowest BCUT2D eigenvalue weighted by Crippen LogP contribution is -2.59. The first-order valence-corrected chi connectivity index (χ1v) is 16.5. The molecule has 4 rings (SSSR count). The number of aliphatic hydroxyl groups excluding tert-OH is 1. The average Bonchev–Trinajstić information content (AvgIpc) is 3.41. The first kappa shape index (κ1) is 34.7. The van der Waals surface area contributed by atoms with Crippen LogP contribution in [-0.2, 0) is 17.5 Å². The largest absolute Gasteiger partial charge is 0.487 e. The molecule has 6 atom stereocenters. The van der Waals surface area contributed by atoms with Gasteiger partial charge >= 0.3 is 6.18 Å². The van der Waals surface area contributed by atoms with Crippen LogP contribution in [0.25, 0.3) is 0 Å². The van der Waals surface area contributed by atoms with Gasteiger partial charge in [-0.2, -0.15) is 13.2 Å². The summed E-state index contributed by atoms with van der Waals surface area (Å²) >= 11 is 6.18. The van der Waals surface area contributed by atoms with Gasteiger partial charge in [-0.3, -0.25) is 0 Å². The van der Waals surface area contributed by atoms with Crippen molar-refractivity contribution in [1.29, 1.82) is 0 Å². The number of piperidine rings is 1. The molecule has 1 aliphatic carbocycles. The summed E-state index contributed by atoms with van der Waals surface area (Å²) in [5.74, 6) is 1.70. The van der Waals surface area contributed by atoms with E-state index in [0.29, 0.717) is 36.0 Å². The maximum Gasteiger partial charge on any atom is 0.416 e. The highest BCUT2D eigenvalue weighted by Gasteiger charge is 2.41. The molecule has 1 aromatic heterocycles. The number of alkyl halides is 3.